The molecule has 0 spiro atoms. The molecule has 0 aliphatic carbocycles. The van der Waals surface area contributed by atoms with Gasteiger partial charge in [0, 0.05) is 17.8 Å². The lowest BCUT2D eigenvalue weighted by Gasteiger charge is -2.35. The maximum absolute atomic E-state index is 10.9. The van der Waals surface area contributed by atoms with Crippen LogP contribution in [-0.4, -0.2) is 22.4 Å². The number of benzene rings is 1. The number of nitrogens with two attached hydrogens (primary N) is 1. The summed E-state index contributed by atoms with van der Waals surface area (Å²) in [5.74, 6) is 0.0453. The summed E-state index contributed by atoms with van der Waals surface area (Å²) >= 11 is 5.86. The first-order chi connectivity index (χ1) is 12.7. The SMILES string of the molecule is CC(C)(C)[C@H](CC[C@H](N)Cc1ccc(C=O)cc1)[C@H](O)c1ccc(Cl)nc1. The number of carbonyl (C=O) groups excluding carboxylic acids is 1. The topological polar surface area (TPSA) is 76.2 Å². The van der Waals surface area contributed by atoms with Crippen molar-refractivity contribution < 1.29 is 9.90 Å². The first-order valence-electron chi connectivity index (χ1n) is 9.30. The van der Waals surface area contributed by atoms with Crippen molar-refractivity contribution in [3.05, 3.63) is 64.4 Å². The predicted octanol–water partition coefficient (Wildman–Crippen LogP) is 4.59. The van der Waals surface area contributed by atoms with E-state index >= 15 is 0 Å². The largest absolute Gasteiger partial charge is 0.388 e. The molecule has 5 heteroatoms. The van der Waals surface area contributed by atoms with E-state index in [0.29, 0.717) is 10.7 Å². The fourth-order valence-electron chi connectivity index (χ4n) is 3.39. The molecule has 146 valence electrons. The normalized spacial score (nSPS) is 15.2. The molecule has 0 bridgehead atoms. The van der Waals surface area contributed by atoms with Crippen LogP contribution in [0.1, 0.15) is 61.2 Å². The Morgan fingerprint density at radius 2 is 1.81 bits per heavy atom. The quantitative estimate of drug-likeness (QED) is 0.512. The van der Waals surface area contributed by atoms with Crippen molar-refractivity contribution in [2.45, 2.75) is 52.2 Å². The van der Waals surface area contributed by atoms with Crippen LogP contribution in [0.4, 0.5) is 0 Å². The van der Waals surface area contributed by atoms with Crippen molar-refractivity contribution >= 4 is 17.9 Å². The van der Waals surface area contributed by atoms with E-state index in [0.717, 1.165) is 36.7 Å². The smallest absolute Gasteiger partial charge is 0.150 e. The second-order valence-corrected chi connectivity index (χ2v) is 8.62. The third-order valence-corrected chi connectivity index (χ3v) is 5.27. The van der Waals surface area contributed by atoms with Crippen LogP contribution in [0.3, 0.4) is 0 Å². The number of aldehydes is 1. The molecule has 0 saturated carbocycles. The summed E-state index contributed by atoms with van der Waals surface area (Å²) in [6.07, 6.45) is 4.21. The van der Waals surface area contributed by atoms with E-state index in [9.17, 15) is 9.90 Å². The fraction of sp³-hybridized carbons (Fsp3) is 0.455. The maximum Gasteiger partial charge on any atom is 0.150 e. The van der Waals surface area contributed by atoms with Gasteiger partial charge in [0.1, 0.15) is 11.4 Å². The summed E-state index contributed by atoms with van der Waals surface area (Å²) in [4.78, 5) is 14.8. The molecule has 1 aromatic carbocycles. The van der Waals surface area contributed by atoms with Gasteiger partial charge >= 0.3 is 0 Å². The fourth-order valence-corrected chi connectivity index (χ4v) is 3.50. The molecule has 0 fully saturated rings. The molecule has 0 aliphatic heterocycles. The average molecular weight is 389 g/mol. The number of halogens is 1. The van der Waals surface area contributed by atoms with Gasteiger partial charge < -0.3 is 10.8 Å². The van der Waals surface area contributed by atoms with E-state index < -0.39 is 6.10 Å². The van der Waals surface area contributed by atoms with Crippen molar-refractivity contribution in [3.63, 3.8) is 0 Å². The molecule has 3 atom stereocenters. The Kier molecular flexibility index (Phi) is 7.54. The van der Waals surface area contributed by atoms with Crippen LogP contribution < -0.4 is 5.73 Å². The van der Waals surface area contributed by atoms with Gasteiger partial charge in [-0.3, -0.25) is 4.79 Å². The number of hydrogen-bond donors (Lipinski definition) is 2. The first kappa shape index (κ1) is 21.5. The lowest BCUT2D eigenvalue weighted by atomic mass is 9.72. The van der Waals surface area contributed by atoms with E-state index in [2.05, 4.69) is 25.8 Å². The molecule has 0 aliphatic rings. The summed E-state index contributed by atoms with van der Waals surface area (Å²) in [5.41, 5.74) is 8.82. The van der Waals surface area contributed by atoms with E-state index in [4.69, 9.17) is 17.3 Å². The Labute approximate surface area is 166 Å². The predicted molar refractivity (Wildman–Crippen MR) is 110 cm³/mol. The highest BCUT2D eigenvalue weighted by atomic mass is 35.5. The first-order valence-corrected chi connectivity index (χ1v) is 9.67. The Bertz CT molecular complexity index is 723. The summed E-state index contributed by atoms with van der Waals surface area (Å²) in [5, 5.41) is 11.3. The molecule has 0 amide bonds. The molecule has 4 nitrogen and oxygen atoms in total. The Hall–Kier alpha value is -1.75. The number of rotatable bonds is 8. The summed E-state index contributed by atoms with van der Waals surface area (Å²) in [7, 11) is 0. The third-order valence-electron chi connectivity index (χ3n) is 5.05. The van der Waals surface area contributed by atoms with Crippen LogP contribution in [0.25, 0.3) is 0 Å². The number of nitrogens with zero attached hydrogens (tertiary/aromatic N) is 1. The van der Waals surface area contributed by atoms with Crippen molar-refractivity contribution in [2.75, 3.05) is 0 Å². The van der Waals surface area contributed by atoms with Crippen molar-refractivity contribution in [1.29, 1.82) is 0 Å². The lowest BCUT2D eigenvalue weighted by molar-refractivity contribution is 0.0334. The van der Waals surface area contributed by atoms with Gasteiger partial charge in [0.15, 0.2) is 0 Å². The van der Waals surface area contributed by atoms with Gasteiger partial charge in [-0.15, -0.1) is 0 Å². The molecule has 0 unspecified atom stereocenters. The Morgan fingerprint density at radius 3 is 2.33 bits per heavy atom. The van der Waals surface area contributed by atoms with Gasteiger partial charge in [-0.05, 0) is 47.8 Å². The van der Waals surface area contributed by atoms with Crippen molar-refractivity contribution in [2.24, 2.45) is 17.1 Å². The Morgan fingerprint density at radius 1 is 1.15 bits per heavy atom. The molecular weight excluding hydrogens is 360 g/mol. The highest BCUT2D eigenvalue weighted by molar-refractivity contribution is 6.29. The van der Waals surface area contributed by atoms with Crippen LogP contribution in [0, 0.1) is 11.3 Å². The zero-order valence-electron chi connectivity index (χ0n) is 16.2. The molecule has 2 rings (SSSR count). The standard InChI is InChI=1S/C22H29ClN2O2/c1-22(2,3)19(21(27)17-8-11-20(23)25-13-17)10-9-18(24)12-15-4-6-16(14-26)7-5-15/h4-8,11,13-14,18-19,21,27H,9-10,12,24H2,1-3H3/t18-,19+,21+/m0/s1. The van der Waals surface area contributed by atoms with E-state index in [1.165, 1.54) is 0 Å². The van der Waals surface area contributed by atoms with Crippen molar-refractivity contribution in [1.82, 2.24) is 4.98 Å². The van der Waals surface area contributed by atoms with Gasteiger partial charge in [-0.2, -0.15) is 0 Å². The van der Waals surface area contributed by atoms with Crippen LogP contribution in [0.5, 0.6) is 0 Å². The monoisotopic (exact) mass is 388 g/mol. The molecule has 27 heavy (non-hydrogen) atoms. The highest BCUT2D eigenvalue weighted by Gasteiger charge is 2.32. The van der Waals surface area contributed by atoms with Gasteiger partial charge in [0.05, 0.1) is 6.10 Å². The average Bonchev–Trinajstić information content (AvgIpc) is 2.61. The molecule has 0 radical (unpaired) electrons. The molecule has 2 aromatic rings. The van der Waals surface area contributed by atoms with E-state index in [1.54, 1.807) is 12.3 Å². The van der Waals surface area contributed by atoms with Crippen LogP contribution >= 0.6 is 11.6 Å². The van der Waals surface area contributed by atoms with Crippen LogP contribution in [0.15, 0.2) is 42.6 Å². The zero-order chi connectivity index (χ0) is 20.0. The molecule has 3 N–H and O–H groups in total. The number of pyridine rings is 1. The van der Waals surface area contributed by atoms with Gasteiger partial charge in [0.2, 0.25) is 0 Å². The van der Waals surface area contributed by atoms with Crippen molar-refractivity contribution in [3.8, 4) is 0 Å². The van der Waals surface area contributed by atoms with Gasteiger partial charge in [0.25, 0.3) is 0 Å². The minimum Gasteiger partial charge on any atom is -0.388 e. The van der Waals surface area contributed by atoms with Crippen LogP contribution in [-0.2, 0) is 6.42 Å². The number of aliphatic hydroxyl groups is 1. The highest BCUT2D eigenvalue weighted by Crippen LogP contribution is 2.39. The summed E-state index contributed by atoms with van der Waals surface area (Å²) < 4.78 is 0. The summed E-state index contributed by atoms with van der Waals surface area (Å²) in [6.45, 7) is 6.40. The number of aliphatic hydroxyl groups excluding tert-OH is 1. The van der Waals surface area contributed by atoms with Gasteiger partial charge in [-0.1, -0.05) is 62.7 Å². The lowest BCUT2D eigenvalue weighted by Crippen LogP contribution is -2.30. The molecule has 1 heterocycles. The van der Waals surface area contributed by atoms with Gasteiger partial charge in [-0.25, -0.2) is 4.98 Å². The zero-order valence-corrected chi connectivity index (χ0v) is 17.0. The minimum absolute atomic E-state index is 0.00697. The maximum atomic E-state index is 10.9. The number of hydrogen-bond acceptors (Lipinski definition) is 4. The van der Waals surface area contributed by atoms with E-state index in [-0.39, 0.29) is 17.4 Å². The number of aromatic nitrogens is 1. The Balaban J connectivity index is 2.00. The number of carbonyl (C=O) groups is 1. The minimum atomic E-state index is -0.617. The molecule has 1 aromatic heterocycles. The second kappa shape index (κ2) is 9.45. The molecule has 0 saturated heterocycles. The summed E-state index contributed by atoms with van der Waals surface area (Å²) in [6, 6.07) is 11.0. The van der Waals surface area contributed by atoms with E-state index in [1.807, 2.05) is 30.3 Å². The molecular formula is C22H29ClN2O2. The third kappa shape index (κ3) is 6.42. The second-order valence-electron chi connectivity index (χ2n) is 8.23. The van der Waals surface area contributed by atoms with Crippen LogP contribution in [0.2, 0.25) is 5.15 Å².